The molecule has 1 atom stereocenters. The Hall–Kier alpha value is -1.61. The maximum absolute atomic E-state index is 12.5. The van der Waals surface area contributed by atoms with Crippen LogP contribution in [0.15, 0.2) is 36.4 Å². The molecule has 1 aliphatic rings. The third-order valence-corrected chi connectivity index (χ3v) is 3.57. The fraction of sp³-hybridized carbons (Fsp3) is 0.438. The summed E-state index contributed by atoms with van der Waals surface area (Å²) in [4.78, 5) is 14.4. The Morgan fingerprint density at radius 3 is 2.63 bits per heavy atom. The van der Waals surface area contributed by atoms with Crippen molar-refractivity contribution in [1.29, 1.82) is 0 Å². The fourth-order valence-electron chi connectivity index (χ4n) is 2.49. The standard InChI is InChI=1S/C16H22N2O/c1-12(2)15-4-3-11-18(15)16(19)14-7-5-13(6-8-14)9-10-17/h3-8,12,15H,9-11,17H2,1-2H3/t15-/m0/s1. The maximum atomic E-state index is 12.5. The smallest absolute Gasteiger partial charge is 0.254 e. The highest BCUT2D eigenvalue weighted by molar-refractivity contribution is 5.95. The fourth-order valence-corrected chi connectivity index (χ4v) is 2.49. The van der Waals surface area contributed by atoms with Crippen molar-refractivity contribution in [1.82, 2.24) is 4.90 Å². The van der Waals surface area contributed by atoms with Gasteiger partial charge in [0.1, 0.15) is 0 Å². The molecule has 0 spiro atoms. The van der Waals surface area contributed by atoms with E-state index in [4.69, 9.17) is 5.73 Å². The van der Waals surface area contributed by atoms with Gasteiger partial charge in [0.15, 0.2) is 0 Å². The van der Waals surface area contributed by atoms with E-state index >= 15 is 0 Å². The van der Waals surface area contributed by atoms with E-state index in [0.29, 0.717) is 19.0 Å². The minimum Gasteiger partial charge on any atom is -0.330 e. The topological polar surface area (TPSA) is 46.3 Å². The lowest BCUT2D eigenvalue weighted by Crippen LogP contribution is -2.39. The Kier molecular flexibility index (Phi) is 4.38. The van der Waals surface area contributed by atoms with Gasteiger partial charge in [0, 0.05) is 12.1 Å². The number of benzene rings is 1. The van der Waals surface area contributed by atoms with Crippen molar-refractivity contribution < 1.29 is 4.79 Å². The van der Waals surface area contributed by atoms with Crippen molar-refractivity contribution in [2.24, 2.45) is 11.7 Å². The van der Waals surface area contributed by atoms with Crippen molar-refractivity contribution in [3.8, 4) is 0 Å². The molecule has 0 aromatic heterocycles. The first-order valence-corrected chi connectivity index (χ1v) is 6.90. The SMILES string of the molecule is CC(C)[C@@H]1C=CCN1C(=O)c1ccc(CCN)cc1. The molecule has 0 saturated heterocycles. The predicted molar refractivity (Wildman–Crippen MR) is 78.0 cm³/mol. The summed E-state index contributed by atoms with van der Waals surface area (Å²) in [6, 6.07) is 8.02. The van der Waals surface area contributed by atoms with Crippen LogP contribution in [0.1, 0.15) is 29.8 Å². The molecule has 0 fully saturated rings. The molecule has 2 rings (SSSR count). The van der Waals surface area contributed by atoms with Gasteiger partial charge in [-0.2, -0.15) is 0 Å². The van der Waals surface area contributed by atoms with Crippen LogP contribution in [0.25, 0.3) is 0 Å². The highest BCUT2D eigenvalue weighted by Crippen LogP contribution is 2.20. The second-order valence-electron chi connectivity index (χ2n) is 5.36. The zero-order valence-electron chi connectivity index (χ0n) is 11.7. The van der Waals surface area contributed by atoms with E-state index in [9.17, 15) is 4.79 Å². The van der Waals surface area contributed by atoms with E-state index in [-0.39, 0.29) is 11.9 Å². The Bertz CT molecular complexity index is 462. The van der Waals surface area contributed by atoms with Gasteiger partial charge >= 0.3 is 0 Å². The molecule has 1 aromatic rings. The van der Waals surface area contributed by atoms with Crippen LogP contribution in [0.3, 0.4) is 0 Å². The van der Waals surface area contributed by atoms with Gasteiger partial charge in [-0.1, -0.05) is 38.1 Å². The zero-order valence-corrected chi connectivity index (χ0v) is 11.7. The Balaban J connectivity index is 2.11. The van der Waals surface area contributed by atoms with Crippen molar-refractivity contribution in [2.45, 2.75) is 26.3 Å². The first kappa shape index (κ1) is 13.8. The molecule has 1 amide bonds. The molecule has 0 radical (unpaired) electrons. The van der Waals surface area contributed by atoms with Crippen LogP contribution in [0.4, 0.5) is 0 Å². The molecular formula is C16H22N2O. The average Bonchev–Trinajstić information content (AvgIpc) is 2.88. The van der Waals surface area contributed by atoms with Gasteiger partial charge in [-0.3, -0.25) is 4.79 Å². The number of nitrogens with two attached hydrogens (primary N) is 1. The summed E-state index contributed by atoms with van der Waals surface area (Å²) in [5, 5.41) is 0. The average molecular weight is 258 g/mol. The number of rotatable bonds is 4. The van der Waals surface area contributed by atoms with E-state index in [1.165, 1.54) is 5.56 Å². The molecule has 19 heavy (non-hydrogen) atoms. The number of hydrogen-bond donors (Lipinski definition) is 1. The molecule has 3 nitrogen and oxygen atoms in total. The second kappa shape index (κ2) is 6.02. The zero-order chi connectivity index (χ0) is 13.8. The molecule has 1 aliphatic heterocycles. The summed E-state index contributed by atoms with van der Waals surface area (Å²) in [6.07, 6.45) is 5.06. The van der Waals surface area contributed by atoms with E-state index in [0.717, 1.165) is 12.0 Å². The Labute approximate surface area is 115 Å². The summed E-state index contributed by atoms with van der Waals surface area (Å²) in [7, 11) is 0. The van der Waals surface area contributed by atoms with E-state index in [2.05, 4.69) is 26.0 Å². The number of carbonyl (C=O) groups excluding carboxylic acids is 1. The number of amides is 1. The van der Waals surface area contributed by atoms with Gasteiger partial charge in [-0.25, -0.2) is 0 Å². The molecule has 1 heterocycles. The molecule has 1 aromatic carbocycles. The van der Waals surface area contributed by atoms with Crippen molar-refractivity contribution >= 4 is 5.91 Å². The molecule has 3 heteroatoms. The summed E-state index contributed by atoms with van der Waals surface area (Å²) < 4.78 is 0. The lowest BCUT2D eigenvalue weighted by molar-refractivity contribution is 0.0720. The minimum absolute atomic E-state index is 0.114. The largest absolute Gasteiger partial charge is 0.330 e. The Morgan fingerprint density at radius 2 is 2.05 bits per heavy atom. The quantitative estimate of drug-likeness (QED) is 0.842. The lowest BCUT2D eigenvalue weighted by Gasteiger charge is -2.27. The van der Waals surface area contributed by atoms with Crippen molar-refractivity contribution in [3.63, 3.8) is 0 Å². The van der Waals surface area contributed by atoms with Crippen LogP contribution < -0.4 is 5.73 Å². The summed E-state index contributed by atoms with van der Waals surface area (Å²) in [6.45, 7) is 5.64. The van der Waals surface area contributed by atoms with Gasteiger partial charge in [0.25, 0.3) is 5.91 Å². The maximum Gasteiger partial charge on any atom is 0.254 e. The van der Waals surface area contributed by atoms with Gasteiger partial charge in [-0.15, -0.1) is 0 Å². The molecule has 0 unspecified atom stereocenters. The normalized spacial score (nSPS) is 18.3. The number of carbonyl (C=O) groups is 1. The third kappa shape index (κ3) is 3.04. The monoisotopic (exact) mass is 258 g/mol. The first-order valence-electron chi connectivity index (χ1n) is 6.90. The third-order valence-electron chi connectivity index (χ3n) is 3.57. The molecular weight excluding hydrogens is 236 g/mol. The van der Waals surface area contributed by atoms with Gasteiger partial charge in [0.05, 0.1) is 6.04 Å². The van der Waals surface area contributed by atoms with Crippen LogP contribution in [0.2, 0.25) is 0 Å². The highest BCUT2D eigenvalue weighted by Gasteiger charge is 2.27. The minimum atomic E-state index is 0.114. The summed E-state index contributed by atoms with van der Waals surface area (Å²) in [5.41, 5.74) is 7.47. The lowest BCUT2D eigenvalue weighted by atomic mass is 10.0. The van der Waals surface area contributed by atoms with Crippen molar-refractivity contribution in [3.05, 3.63) is 47.5 Å². The first-order chi connectivity index (χ1) is 9.13. The van der Waals surface area contributed by atoms with Gasteiger partial charge in [0.2, 0.25) is 0 Å². The number of nitrogens with zero attached hydrogens (tertiary/aromatic N) is 1. The molecule has 0 aliphatic carbocycles. The summed E-state index contributed by atoms with van der Waals surface area (Å²) >= 11 is 0. The van der Waals surface area contributed by atoms with E-state index < -0.39 is 0 Å². The van der Waals surface area contributed by atoms with Crippen LogP contribution >= 0.6 is 0 Å². The number of hydrogen-bond acceptors (Lipinski definition) is 2. The van der Waals surface area contributed by atoms with E-state index in [1.54, 1.807) is 0 Å². The van der Waals surface area contributed by atoms with Crippen LogP contribution in [0, 0.1) is 5.92 Å². The molecule has 0 saturated carbocycles. The highest BCUT2D eigenvalue weighted by atomic mass is 16.2. The van der Waals surface area contributed by atoms with Crippen LogP contribution in [0.5, 0.6) is 0 Å². The summed E-state index contributed by atoms with van der Waals surface area (Å²) in [5.74, 6) is 0.558. The Morgan fingerprint density at radius 1 is 1.37 bits per heavy atom. The molecule has 102 valence electrons. The van der Waals surface area contributed by atoms with Gasteiger partial charge in [-0.05, 0) is 36.6 Å². The van der Waals surface area contributed by atoms with E-state index in [1.807, 2.05) is 29.2 Å². The molecule has 0 bridgehead atoms. The van der Waals surface area contributed by atoms with Crippen LogP contribution in [-0.4, -0.2) is 29.9 Å². The second-order valence-corrected chi connectivity index (χ2v) is 5.36. The van der Waals surface area contributed by atoms with Crippen LogP contribution in [-0.2, 0) is 6.42 Å². The predicted octanol–water partition coefficient (Wildman–Crippen LogP) is 2.22. The van der Waals surface area contributed by atoms with Crippen molar-refractivity contribution in [2.75, 3.05) is 13.1 Å². The molecule has 2 N–H and O–H groups in total. The van der Waals surface area contributed by atoms with Gasteiger partial charge < -0.3 is 10.6 Å².